The minimum Gasteiger partial charge on any atom is -0.467 e. The van der Waals surface area contributed by atoms with E-state index in [0.29, 0.717) is 27.7 Å². The van der Waals surface area contributed by atoms with Crippen LogP contribution in [0.1, 0.15) is 23.8 Å². The number of benzene rings is 2. The fourth-order valence-electron chi connectivity index (χ4n) is 3.46. The third kappa shape index (κ3) is 4.15. The first-order valence-electron chi connectivity index (χ1n) is 9.88. The molecule has 1 aromatic heterocycles. The molecule has 32 heavy (non-hydrogen) atoms. The molecule has 3 amide bonds. The summed E-state index contributed by atoms with van der Waals surface area (Å²) in [4.78, 5) is 39.1. The van der Waals surface area contributed by atoms with Gasteiger partial charge in [-0.05, 0) is 54.4 Å². The summed E-state index contributed by atoms with van der Waals surface area (Å²) in [5.41, 5.74) is 2.90. The molecule has 0 radical (unpaired) electrons. The molecule has 0 spiro atoms. The molecular formula is C24H20ClN3O4. The van der Waals surface area contributed by atoms with Crippen molar-refractivity contribution in [1.29, 1.82) is 0 Å². The lowest BCUT2D eigenvalue weighted by Crippen LogP contribution is -2.31. The van der Waals surface area contributed by atoms with Gasteiger partial charge in [0, 0.05) is 23.3 Å². The zero-order chi connectivity index (χ0) is 22.8. The van der Waals surface area contributed by atoms with Gasteiger partial charge in [0.2, 0.25) is 5.91 Å². The number of imide groups is 1. The summed E-state index contributed by atoms with van der Waals surface area (Å²) in [5, 5.41) is 6.35. The lowest BCUT2D eigenvalue weighted by molar-refractivity contribution is -0.137. The van der Waals surface area contributed by atoms with E-state index >= 15 is 0 Å². The molecular weight excluding hydrogens is 430 g/mol. The van der Waals surface area contributed by atoms with Crippen LogP contribution in [0.4, 0.5) is 11.4 Å². The highest BCUT2D eigenvalue weighted by Gasteiger charge is 2.39. The van der Waals surface area contributed by atoms with Crippen LogP contribution in [0.2, 0.25) is 5.02 Å². The molecule has 0 unspecified atom stereocenters. The van der Waals surface area contributed by atoms with Gasteiger partial charge in [-0.25, -0.2) is 0 Å². The van der Waals surface area contributed by atoms with Crippen molar-refractivity contribution in [2.75, 3.05) is 10.6 Å². The summed E-state index contributed by atoms with van der Waals surface area (Å²) in [6.45, 7) is 3.25. The van der Waals surface area contributed by atoms with E-state index in [1.54, 1.807) is 54.6 Å². The van der Waals surface area contributed by atoms with Crippen molar-refractivity contribution < 1.29 is 18.8 Å². The van der Waals surface area contributed by atoms with Crippen molar-refractivity contribution in [3.05, 3.63) is 88.5 Å². The first kappa shape index (κ1) is 21.4. The summed E-state index contributed by atoms with van der Waals surface area (Å²) in [5.74, 6) is -0.618. The second-order valence-corrected chi connectivity index (χ2v) is 7.73. The highest BCUT2D eigenvalue weighted by atomic mass is 35.5. The number of nitrogens with zero attached hydrogens (tertiary/aromatic N) is 1. The predicted molar refractivity (Wildman–Crippen MR) is 122 cm³/mol. The molecule has 1 aliphatic heterocycles. The molecule has 4 rings (SSSR count). The van der Waals surface area contributed by atoms with Gasteiger partial charge in [0.05, 0.1) is 18.4 Å². The van der Waals surface area contributed by atoms with Crippen molar-refractivity contribution in [3.8, 4) is 0 Å². The van der Waals surface area contributed by atoms with Gasteiger partial charge in [0.1, 0.15) is 11.5 Å². The first-order chi connectivity index (χ1) is 15.3. The van der Waals surface area contributed by atoms with E-state index in [1.165, 1.54) is 13.2 Å². The number of nitrogens with one attached hydrogen (secondary N) is 2. The van der Waals surface area contributed by atoms with Crippen LogP contribution >= 0.6 is 11.6 Å². The van der Waals surface area contributed by atoms with Gasteiger partial charge in [-0.2, -0.15) is 0 Å². The van der Waals surface area contributed by atoms with Gasteiger partial charge in [-0.1, -0.05) is 29.8 Å². The maximum atomic E-state index is 13.3. The summed E-state index contributed by atoms with van der Waals surface area (Å²) in [6, 6.07) is 15.4. The second kappa shape index (κ2) is 8.72. The topological polar surface area (TPSA) is 91.7 Å². The monoisotopic (exact) mass is 449 g/mol. The number of hydrogen-bond donors (Lipinski definition) is 2. The van der Waals surface area contributed by atoms with Gasteiger partial charge in [0.25, 0.3) is 11.8 Å². The minimum absolute atomic E-state index is 0.0118. The maximum absolute atomic E-state index is 13.3. The number of anilines is 2. The number of rotatable bonds is 6. The Hall–Kier alpha value is -3.84. The van der Waals surface area contributed by atoms with E-state index in [4.69, 9.17) is 16.0 Å². The molecule has 1 aliphatic rings. The van der Waals surface area contributed by atoms with Gasteiger partial charge in [-0.15, -0.1) is 0 Å². The fourth-order valence-corrected chi connectivity index (χ4v) is 3.64. The third-order valence-electron chi connectivity index (χ3n) is 5.08. The Morgan fingerprint density at radius 2 is 1.78 bits per heavy atom. The molecule has 0 aliphatic carbocycles. The van der Waals surface area contributed by atoms with Crippen LogP contribution in [0.3, 0.4) is 0 Å². The van der Waals surface area contributed by atoms with Crippen LogP contribution < -0.4 is 10.6 Å². The van der Waals surface area contributed by atoms with Crippen LogP contribution in [-0.2, 0) is 20.9 Å². The molecule has 8 heteroatoms. The molecule has 0 atom stereocenters. The van der Waals surface area contributed by atoms with E-state index < -0.39 is 11.8 Å². The quantitative estimate of drug-likeness (QED) is 0.537. The third-order valence-corrected chi connectivity index (χ3v) is 5.49. The number of amides is 3. The van der Waals surface area contributed by atoms with E-state index in [0.717, 1.165) is 10.5 Å². The molecule has 7 nitrogen and oxygen atoms in total. The normalized spacial score (nSPS) is 13.7. The Labute approximate surface area is 189 Å². The van der Waals surface area contributed by atoms with E-state index in [-0.39, 0.29) is 23.7 Å². The SMILES string of the molecule is CC(=O)Nc1ccc(C2=C(Nc3cccc(Cl)c3C)C(=O)N(Cc3ccco3)C2=O)cc1. The van der Waals surface area contributed by atoms with Crippen molar-refractivity contribution in [2.24, 2.45) is 0 Å². The van der Waals surface area contributed by atoms with Crippen LogP contribution in [0.15, 0.2) is 71.0 Å². The van der Waals surface area contributed by atoms with Crippen molar-refractivity contribution in [1.82, 2.24) is 4.90 Å². The maximum Gasteiger partial charge on any atom is 0.278 e. The van der Waals surface area contributed by atoms with Crippen LogP contribution in [0.25, 0.3) is 5.57 Å². The fraction of sp³-hybridized carbons (Fsp3) is 0.125. The lowest BCUT2D eigenvalue weighted by Gasteiger charge is -2.14. The Morgan fingerprint density at radius 3 is 2.44 bits per heavy atom. The average Bonchev–Trinajstić information content (AvgIpc) is 3.35. The Balaban J connectivity index is 1.75. The molecule has 162 valence electrons. The van der Waals surface area contributed by atoms with Gasteiger partial charge >= 0.3 is 0 Å². The molecule has 0 saturated carbocycles. The highest BCUT2D eigenvalue weighted by molar-refractivity contribution is 6.36. The smallest absolute Gasteiger partial charge is 0.278 e. The van der Waals surface area contributed by atoms with Crippen molar-refractivity contribution >= 4 is 46.3 Å². The van der Waals surface area contributed by atoms with Crippen molar-refractivity contribution in [2.45, 2.75) is 20.4 Å². The molecule has 2 aromatic carbocycles. The number of carbonyl (C=O) groups excluding carboxylic acids is 3. The standard InChI is InChI=1S/C24H20ClN3O4/c1-14-19(25)6-3-7-20(14)27-22-21(16-8-10-17(11-9-16)26-15(2)29)23(30)28(24(22)31)13-18-5-4-12-32-18/h3-12,27H,13H2,1-2H3,(H,26,29). The Bertz CT molecular complexity index is 1230. The van der Waals surface area contributed by atoms with E-state index in [9.17, 15) is 14.4 Å². The average molecular weight is 450 g/mol. The Morgan fingerprint density at radius 1 is 1.03 bits per heavy atom. The van der Waals surface area contributed by atoms with E-state index in [2.05, 4.69) is 10.6 Å². The summed E-state index contributed by atoms with van der Waals surface area (Å²) in [6.07, 6.45) is 1.49. The predicted octanol–water partition coefficient (Wildman–Crippen LogP) is 4.59. The highest BCUT2D eigenvalue weighted by Crippen LogP contribution is 2.33. The minimum atomic E-state index is -0.466. The van der Waals surface area contributed by atoms with Gasteiger partial charge < -0.3 is 15.1 Å². The molecule has 2 N–H and O–H groups in total. The molecule has 3 aromatic rings. The first-order valence-corrected chi connectivity index (χ1v) is 10.3. The van der Waals surface area contributed by atoms with Crippen molar-refractivity contribution in [3.63, 3.8) is 0 Å². The number of halogens is 1. The molecule has 0 fully saturated rings. The summed E-state index contributed by atoms with van der Waals surface area (Å²) < 4.78 is 5.33. The van der Waals surface area contributed by atoms with Crippen LogP contribution in [-0.4, -0.2) is 22.6 Å². The van der Waals surface area contributed by atoms with Gasteiger partial charge in [0.15, 0.2) is 0 Å². The molecule has 2 heterocycles. The Kier molecular flexibility index (Phi) is 5.83. The zero-order valence-electron chi connectivity index (χ0n) is 17.4. The van der Waals surface area contributed by atoms with Crippen LogP contribution in [0.5, 0.6) is 0 Å². The number of carbonyl (C=O) groups is 3. The summed E-state index contributed by atoms with van der Waals surface area (Å²) >= 11 is 6.23. The molecule has 0 bridgehead atoms. The number of hydrogen-bond acceptors (Lipinski definition) is 5. The van der Waals surface area contributed by atoms with E-state index in [1.807, 2.05) is 6.92 Å². The lowest BCUT2D eigenvalue weighted by atomic mass is 10.0. The largest absolute Gasteiger partial charge is 0.467 e. The zero-order valence-corrected chi connectivity index (χ0v) is 18.2. The summed E-state index contributed by atoms with van der Waals surface area (Å²) in [7, 11) is 0. The second-order valence-electron chi connectivity index (χ2n) is 7.32. The molecule has 0 saturated heterocycles. The number of furan rings is 1. The van der Waals surface area contributed by atoms with Crippen LogP contribution in [0, 0.1) is 6.92 Å². The van der Waals surface area contributed by atoms with Gasteiger partial charge in [-0.3, -0.25) is 19.3 Å².